The standard InChI is InChI=1S/C56H57N5O11/c1-35(2)46(52(65)69-3)58-55(68)60-44-26-17-36(12-10-11-29-62)34-43(44)56(54(60)67)45(51(64)57-40-20-22-41(23-21-40)59-27-31-70-32-28-59)48-53(66)72-49(38-15-8-5-9-16-38)47(37-13-6-4-7-14-37)61(48)50(56)39-18-24-42(25-19-39)71-33-30-63/h4-9,13-26,34-35,45-50,62-63H,11,27-33H2,1-3H3,(H,57,64)(H,58,68). The van der Waals surface area contributed by atoms with Gasteiger partial charge in [0.1, 0.15) is 36.0 Å². The maximum Gasteiger partial charge on any atom is 0.329 e. The Morgan fingerprint density at radius 2 is 1.50 bits per heavy atom. The number of carbonyl (C=O) groups is 5. The predicted octanol–water partition coefficient (Wildman–Crippen LogP) is 5.84. The van der Waals surface area contributed by atoms with Gasteiger partial charge in [-0.1, -0.05) is 98.5 Å². The van der Waals surface area contributed by atoms with Crippen LogP contribution in [0.25, 0.3) is 0 Å². The van der Waals surface area contributed by atoms with Crippen LogP contribution in [-0.2, 0) is 38.8 Å². The zero-order valence-electron chi connectivity index (χ0n) is 40.2. The van der Waals surface area contributed by atoms with E-state index < -0.39 is 77.3 Å². The number of aliphatic hydroxyl groups excluding tert-OH is 2. The number of hydrogen-bond acceptors (Lipinski definition) is 13. The molecule has 1 spiro atoms. The number of esters is 2. The van der Waals surface area contributed by atoms with Gasteiger partial charge in [0.05, 0.1) is 57.2 Å². The molecule has 16 heteroatoms. The highest BCUT2D eigenvalue weighted by molar-refractivity contribution is 6.25. The second-order valence-corrected chi connectivity index (χ2v) is 18.4. The van der Waals surface area contributed by atoms with Crippen LogP contribution in [0.5, 0.6) is 5.75 Å². The molecule has 16 nitrogen and oxygen atoms in total. The van der Waals surface area contributed by atoms with Gasteiger partial charge < -0.3 is 44.7 Å². The normalized spacial score (nSPS) is 22.8. The summed E-state index contributed by atoms with van der Waals surface area (Å²) in [5.41, 5.74) is 1.76. The van der Waals surface area contributed by atoms with Crippen LogP contribution >= 0.6 is 0 Å². The molecule has 0 radical (unpaired) electrons. The number of morpholine rings is 2. The predicted molar refractivity (Wildman–Crippen MR) is 267 cm³/mol. The number of benzene rings is 5. The van der Waals surface area contributed by atoms with Crippen LogP contribution < -0.4 is 25.2 Å². The number of imide groups is 1. The molecule has 0 bridgehead atoms. The molecule has 7 atom stereocenters. The Morgan fingerprint density at radius 3 is 2.14 bits per heavy atom. The number of ether oxygens (including phenoxy) is 4. The number of amides is 4. The molecule has 4 N–H and O–H groups in total. The number of anilines is 3. The number of methoxy groups -OCH3 is 1. The first-order chi connectivity index (χ1) is 35.0. The van der Waals surface area contributed by atoms with Crippen LogP contribution in [0, 0.1) is 23.7 Å². The second kappa shape index (κ2) is 21.4. The average Bonchev–Trinajstić information content (AvgIpc) is 3.86. The molecular weight excluding hydrogens is 919 g/mol. The molecular formula is C56H57N5O11. The molecule has 5 aromatic carbocycles. The molecule has 3 saturated heterocycles. The summed E-state index contributed by atoms with van der Waals surface area (Å²) in [6, 6.07) is 32.1. The van der Waals surface area contributed by atoms with Gasteiger partial charge in [-0.25, -0.2) is 14.5 Å². The van der Waals surface area contributed by atoms with Crippen molar-refractivity contribution in [2.45, 2.75) is 56.0 Å². The maximum atomic E-state index is 16.7. The highest BCUT2D eigenvalue weighted by atomic mass is 16.6. The number of nitrogens with one attached hydrogen (secondary N) is 2. The third kappa shape index (κ3) is 9.16. The zero-order valence-corrected chi connectivity index (χ0v) is 40.2. The van der Waals surface area contributed by atoms with Crippen molar-refractivity contribution >= 4 is 46.8 Å². The Labute approximate surface area is 417 Å². The second-order valence-electron chi connectivity index (χ2n) is 18.4. The Balaban J connectivity index is 1.32. The van der Waals surface area contributed by atoms with E-state index in [1.165, 1.54) is 7.11 Å². The Hall–Kier alpha value is -7.55. The molecule has 3 fully saturated rings. The third-order valence-electron chi connectivity index (χ3n) is 13.9. The molecule has 4 aliphatic heterocycles. The number of cyclic esters (lactones) is 1. The summed E-state index contributed by atoms with van der Waals surface area (Å²) >= 11 is 0. The van der Waals surface area contributed by atoms with E-state index in [0.29, 0.717) is 60.0 Å². The summed E-state index contributed by atoms with van der Waals surface area (Å²) in [6.45, 7) is 5.55. The summed E-state index contributed by atoms with van der Waals surface area (Å²) in [4.78, 5) is 81.5. The highest BCUT2D eigenvalue weighted by Crippen LogP contribution is 2.66. The molecule has 7 unspecified atom stereocenters. The van der Waals surface area contributed by atoms with Crippen LogP contribution in [0.4, 0.5) is 21.9 Å². The fourth-order valence-corrected chi connectivity index (χ4v) is 10.7. The SMILES string of the molecule is COC(=O)C(NC(=O)N1C(=O)C2(c3cc(C#CCCO)ccc31)C(C(=O)Nc1ccc(N3CCOCC3)cc1)C1C(=O)OC(c3ccccc3)C(c3ccccc3)N1C2c1ccc(OCCO)cc1)C(C)C. The van der Waals surface area contributed by atoms with Crippen molar-refractivity contribution in [3.8, 4) is 17.6 Å². The Kier molecular flexibility index (Phi) is 14.7. The average molecular weight is 976 g/mol. The topological polar surface area (TPSA) is 197 Å². The minimum absolute atomic E-state index is 0.0102. The van der Waals surface area contributed by atoms with Gasteiger partial charge in [-0.3, -0.25) is 19.3 Å². The molecule has 5 aromatic rings. The van der Waals surface area contributed by atoms with Gasteiger partial charge in [-0.2, -0.15) is 0 Å². The molecule has 72 heavy (non-hydrogen) atoms. The van der Waals surface area contributed by atoms with Crippen molar-refractivity contribution < 1.29 is 53.1 Å². The molecule has 9 rings (SSSR count). The number of aliphatic hydroxyl groups is 2. The van der Waals surface area contributed by atoms with E-state index in [1.54, 1.807) is 68.4 Å². The van der Waals surface area contributed by atoms with Gasteiger partial charge in [0.2, 0.25) is 11.8 Å². The number of rotatable bonds is 13. The van der Waals surface area contributed by atoms with Gasteiger partial charge in [0.25, 0.3) is 0 Å². The Bertz CT molecular complexity index is 2850. The van der Waals surface area contributed by atoms with Crippen molar-refractivity contribution in [1.82, 2.24) is 10.2 Å². The van der Waals surface area contributed by atoms with Gasteiger partial charge >= 0.3 is 18.0 Å². The van der Waals surface area contributed by atoms with Crippen LogP contribution in [0.2, 0.25) is 0 Å². The third-order valence-corrected chi connectivity index (χ3v) is 13.9. The summed E-state index contributed by atoms with van der Waals surface area (Å²) in [7, 11) is 1.21. The first-order valence-electron chi connectivity index (χ1n) is 24.1. The van der Waals surface area contributed by atoms with Crippen molar-refractivity contribution in [3.63, 3.8) is 0 Å². The van der Waals surface area contributed by atoms with E-state index in [0.717, 1.165) is 10.6 Å². The van der Waals surface area contributed by atoms with E-state index in [9.17, 15) is 15.0 Å². The number of urea groups is 1. The smallest absolute Gasteiger partial charge is 0.329 e. The minimum atomic E-state index is -2.13. The van der Waals surface area contributed by atoms with E-state index >= 15 is 19.2 Å². The van der Waals surface area contributed by atoms with E-state index in [-0.39, 0.29) is 37.5 Å². The van der Waals surface area contributed by atoms with Gasteiger partial charge in [-0.15, -0.1) is 0 Å². The molecule has 0 aliphatic carbocycles. The molecule has 4 amide bonds. The van der Waals surface area contributed by atoms with Crippen LogP contribution in [-0.4, -0.2) is 110 Å². The van der Waals surface area contributed by atoms with E-state index in [4.69, 9.17) is 18.9 Å². The maximum absolute atomic E-state index is 16.7. The summed E-state index contributed by atoms with van der Waals surface area (Å²) in [5.74, 6) is 1.32. The number of nitrogens with zero attached hydrogens (tertiary/aromatic N) is 3. The van der Waals surface area contributed by atoms with Crippen molar-refractivity contribution in [1.29, 1.82) is 0 Å². The number of carbonyl (C=O) groups excluding carboxylic acids is 5. The van der Waals surface area contributed by atoms with Crippen LogP contribution in [0.15, 0.2) is 127 Å². The fraction of sp³-hybridized carbons (Fsp3) is 0.339. The summed E-state index contributed by atoms with van der Waals surface area (Å²) in [6.07, 6.45) is -0.819. The monoisotopic (exact) mass is 975 g/mol. The lowest BCUT2D eigenvalue weighted by Crippen LogP contribution is -2.57. The van der Waals surface area contributed by atoms with Gasteiger partial charge in [-0.05, 0) is 82.8 Å². The van der Waals surface area contributed by atoms with Gasteiger partial charge in [0, 0.05) is 36.4 Å². The highest BCUT2D eigenvalue weighted by Gasteiger charge is 2.75. The zero-order chi connectivity index (χ0) is 50.5. The molecule has 0 aromatic heterocycles. The lowest BCUT2D eigenvalue weighted by atomic mass is 9.65. The summed E-state index contributed by atoms with van der Waals surface area (Å²) in [5, 5.41) is 25.2. The quantitative estimate of drug-likeness (QED) is 0.0813. The molecule has 4 aliphatic rings. The lowest BCUT2D eigenvalue weighted by molar-refractivity contribution is -0.177. The first kappa shape index (κ1) is 49.4. The van der Waals surface area contributed by atoms with Crippen LogP contribution in [0.1, 0.15) is 66.3 Å². The fourth-order valence-electron chi connectivity index (χ4n) is 10.7. The van der Waals surface area contributed by atoms with E-state index in [1.807, 2.05) is 77.7 Å². The van der Waals surface area contributed by atoms with Crippen LogP contribution in [0.3, 0.4) is 0 Å². The van der Waals surface area contributed by atoms with Crippen molar-refractivity contribution in [2.75, 3.05) is 68.4 Å². The first-order valence-corrected chi connectivity index (χ1v) is 24.1. The molecule has 372 valence electrons. The van der Waals surface area contributed by atoms with Gasteiger partial charge in [0.15, 0.2) is 0 Å². The largest absolute Gasteiger partial charge is 0.491 e. The Morgan fingerprint density at radius 1 is 0.819 bits per heavy atom. The molecule has 4 heterocycles. The molecule has 0 saturated carbocycles. The van der Waals surface area contributed by atoms with E-state index in [2.05, 4.69) is 27.4 Å². The van der Waals surface area contributed by atoms with Crippen molar-refractivity contribution in [3.05, 3.63) is 155 Å². The summed E-state index contributed by atoms with van der Waals surface area (Å²) < 4.78 is 23.1. The number of hydrogen-bond donors (Lipinski definition) is 4. The minimum Gasteiger partial charge on any atom is -0.491 e. The van der Waals surface area contributed by atoms with Crippen molar-refractivity contribution in [2.24, 2.45) is 11.8 Å². The number of fused-ring (bicyclic) bond motifs is 3. The lowest BCUT2D eigenvalue weighted by Gasteiger charge is -2.46.